The highest BCUT2D eigenvalue weighted by atomic mass is 16.3. The van der Waals surface area contributed by atoms with Crippen molar-refractivity contribution < 1.29 is 5.11 Å². The van der Waals surface area contributed by atoms with Gasteiger partial charge in [0.15, 0.2) is 0 Å². The lowest BCUT2D eigenvalue weighted by atomic mass is 10.0. The molecule has 3 rings (SSSR count). The highest BCUT2D eigenvalue weighted by Crippen LogP contribution is 2.18. The molecule has 19 heavy (non-hydrogen) atoms. The third-order valence-corrected chi connectivity index (χ3v) is 3.02. The molecular formula is C18H18O. The maximum Gasteiger partial charge on any atom is 0.115 e. The topological polar surface area (TPSA) is 20.2 Å². The van der Waals surface area contributed by atoms with E-state index in [1.165, 1.54) is 16.3 Å². The SMILES string of the molecule is CCc1cccc2ccccc12.Oc1ccccc1. The first kappa shape index (κ1) is 13.2. The summed E-state index contributed by atoms with van der Waals surface area (Å²) in [4.78, 5) is 0. The van der Waals surface area contributed by atoms with Crippen LogP contribution in [0, 0.1) is 0 Å². The maximum absolute atomic E-state index is 8.63. The zero-order valence-electron chi connectivity index (χ0n) is 11.1. The summed E-state index contributed by atoms with van der Waals surface area (Å²) in [5.74, 6) is 0.322. The van der Waals surface area contributed by atoms with Crippen LogP contribution in [0.25, 0.3) is 10.8 Å². The predicted molar refractivity (Wildman–Crippen MR) is 81.4 cm³/mol. The molecule has 0 aromatic heterocycles. The lowest BCUT2D eigenvalue weighted by molar-refractivity contribution is 0.475. The van der Waals surface area contributed by atoms with Gasteiger partial charge >= 0.3 is 0 Å². The molecule has 0 fully saturated rings. The van der Waals surface area contributed by atoms with Crippen LogP contribution in [-0.2, 0) is 6.42 Å². The number of fused-ring (bicyclic) bond motifs is 1. The molecule has 0 heterocycles. The molecule has 0 saturated carbocycles. The fourth-order valence-electron chi connectivity index (χ4n) is 2.03. The average molecular weight is 250 g/mol. The number of phenolic OH excluding ortho intramolecular Hbond substituents is 1. The summed E-state index contributed by atoms with van der Waals surface area (Å²) < 4.78 is 0. The van der Waals surface area contributed by atoms with Gasteiger partial charge in [-0.3, -0.25) is 0 Å². The van der Waals surface area contributed by atoms with Gasteiger partial charge in [-0.1, -0.05) is 67.6 Å². The fraction of sp³-hybridized carbons (Fsp3) is 0.111. The normalized spacial score (nSPS) is 9.74. The van der Waals surface area contributed by atoms with Crippen LogP contribution in [0.1, 0.15) is 12.5 Å². The van der Waals surface area contributed by atoms with Gasteiger partial charge in [0.2, 0.25) is 0 Å². The Kier molecular flexibility index (Phi) is 4.57. The molecular weight excluding hydrogens is 232 g/mol. The first-order chi connectivity index (χ1) is 9.31. The molecule has 0 amide bonds. The molecule has 3 aromatic carbocycles. The van der Waals surface area contributed by atoms with E-state index in [9.17, 15) is 0 Å². The largest absolute Gasteiger partial charge is 0.508 e. The molecule has 0 bridgehead atoms. The van der Waals surface area contributed by atoms with Crippen molar-refractivity contribution in [3.05, 3.63) is 78.4 Å². The van der Waals surface area contributed by atoms with Crippen LogP contribution in [0.5, 0.6) is 5.75 Å². The van der Waals surface area contributed by atoms with E-state index in [0.29, 0.717) is 5.75 Å². The summed E-state index contributed by atoms with van der Waals surface area (Å²) in [5.41, 5.74) is 1.44. The van der Waals surface area contributed by atoms with Crippen LogP contribution in [0.3, 0.4) is 0 Å². The second kappa shape index (κ2) is 6.60. The van der Waals surface area contributed by atoms with Crippen molar-refractivity contribution >= 4 is 10.8 Å². The highest BCUT2D eigenvalue weighted by Gasteiger charge is 1.95. The smallest absolute Gasteiger partial charge is 0.115 e. The Bertz CT molecular complexity index is 624. The van der Waals surface area contributed by atoms with E-state index >= 15 is 0 Å². The van der Waals surface area contributed by atoms with E-state index in [1.54, 1.807) is 24.3 Å². The van der Waals surface area contributed by atoms with E-state index in [1.807, 2.05) is 6.07 Å². The lowest BCUT2D eigenvalue weighted by Crippen LogP contribution is -1.81. The fourth-order valence-corrected chi connectivity index (χ4v) is 2.03. The van der Waals surface area contributed by atoms with Crippen LogP contribution in [0.15, 0.2) is 72.8 Å². The third kappa shape index (κ3) is 3.59. The van der Waals surface area contributed by atoms with E-state index < -0.39 is 0 Å². The maximum atomic E-state index is 8.63. The molecule has 0 atom stereocenters. The second-order valence-corrected chi connectivity index (χ2v) is 4.33. The van der Waals surface area contributed by atoms with E-state index in [-0.39, 0.29) is 0 Å². The van der Waals surface area contributed by atoms with Gasteiger partial charge in [0, 0.05) is 0 Å². The molecule has 1 N–H and O–H groups in total. The summed E-state index contributed by atoms with van der Waals surface area (Å²) in [6.07, 6.45) is 1.11. The molecule has 0 aliphatic heterocycles. The average Bonchev–Trinajstić information content (AvgIpc) is 2.48. The molecule has 3 aromatic rings. The number of phenols is 1. The van der Waals surface area contributed by atoms with Crippen molar-refractivity contribution in [1.29, 1.82) is 0 Å². The number of benzene rings is 3. The Hall–Kier alpha value is -2.28. The van der Waals surface area contributed by atoms with Crippen molar-refractivity contribution in [1.82, 2.24) is 0 Å². The Morgan fingerprint density at radius 3 is 2.00 bits per heavy atom. The van der Waals surface area contributed by atoms with Gasteiger partial charge in [0.1, 0.15) is 5.75 Å². The summed E-state index contributed by atoms with van der Waals surface area (Å²) in [6, 6.07) is 23.7. The predicted octanol–water partition coefficient (Wildman–Crippen LogP) is 4.79. The molecule has 0 aliphatic rings. The Morgan fingerprint density at radius 1 is 0.737 bits per heavy atom. The van der Waals surface area contributed by atoms with Crippen LogP contribution in [0.2, 0.25) is 0 Å². The molecule has 1 heteroatoms. The highest BCUT2D eigenvalue weighted by molar-refractivity contribution is 5.85. The quantitative estimate of drug-likeness (QED) is 0.658. The summed E-state index contributed by atoms with van der Waals surface area (Å²) in [6.45, 7) is 2.20. The lowest BCUT2D eigenvalue weighted by Gasteiger charge is -2.02. The van der Waals surface area contributed by atoms with Crippen LogP contribution in [0.4, 0.5) is 0 Å². The molecule has 96 valence electrons. The summed E-state index contributed by atoms with van der Waals surface area (Å²) in [5, 5.41) is 11.4. The first-order valence-corrected chi connectivity index (χ1v) is 6.52. The summed E-state index contributed by atoms with van der Waals surface area (Å²) >= 11 is 0. The monoisotopic (exact) mass is 250 g/mol. The van der Waals surface area contributed by atoms with Gasteiger partial charge in [0.05, 0.1) is 0 Å². The number of hydrogen-bond donors (Lipinski definition) is 1. The molecule has 0 unspecified atom stereocenters. The number of hydrogen-bond acceptors (Lipinski definition) is 1. The van der Waals surface area contributed by atoms with Crippen LogP contribution >= 0.6 is 0 Å². The molecule has 0 aliphatic carbocycles. The first-order valence-electron chi connectivity index (χ1n) is 6.52. The van der Waals surface area contributed by atoms with Crippen molar-refractivity contribution in [3.8, 4) is 5.75 Å². The number of aryl methyl sites for hydroxylation is 1. The van der Waals surface area contributed by atoms with E-state index in [4.69, 9.17) is 5.11 Å². The minimum Gasteiger partial charge on any atom is -0.508 e. The van der Waals surface area contributed by atoms with Gasteiger partial charge < -0.3 is 5.11 Å². The molecule has 1 nitrogen and oxygen atoms in total. The Morgan fingerprint density at radius 2 is 1.37 bits per heavy atom. The van der Waals surface area contributed by atoms with Crippen molar-refractivity contribution in [2.24, 2.45) is 0 Å². The summed E-state index contributed by atoms with van der Waals surface area (Å²) in [7, 11) is 0. The second-order valence-electron chi connectivity index (χ2n) is 4.33. The van der Waals surface area contributed by atoms with Crippen LogP contribution < -0.4 is 0 Å². The van der Waals surface area contributed by atoms with Crippen molar-refractivity contribution in [2.45, 2.75) is 13.3 Å². The zero-order valence-corrected chi connectivity index (χ0v) is 11.1. The van der Waals surface area contributed by atoms with Gasteiger partial charge in [-0.05, 0) is 34.9 Å². The van der Waals surface area contributed by atoms with Gasteiger partial charge in [0.25, 0.3) is 0 Å². The van der Waals surface area contributed by atoms with Crippen molar-refractivity contribution in [3.63, 3.8) is 0 Å². The van der Waals surface area contributed by atoms with E-state index in [2.05, 4.69) is 49.4 Å². The molecule has 0 spiro atoms. The Labute approximate surface area is 114 Å². The van der Waals surface area contributed by atoms with Gasteiger partial charge in [-0.2, -0.15) is 0 Å². The number of para-hydroxylation sites is 1. The minimum absolute atomic E-state index is 0.322. The standard InChI is InChI=1S/C12H12.C6H6O/c1-2-10-7-5-8-11-6-3-4-9-12(10)11;7-6-4-2-1-3-5-6/h3-9H,2H2,1H3;1-5,7H. The van der Waals surface area contributed by atoms with Gasteiger partial charge in [-0.25, -0.2) is 0 Å². The van der Waals surface area contributed by atoms with Crippen molar-refractivity contribution in [2.75, 3.05) is 0 Å². The van der Waals surface area contributed by atoms with Crippen LogP contribution in [-0.4, -0.2) is 5.11 Å². The Balaban J connectivity index is 0.000000163. The minimum atomic E-state index is 0.322. The number of rotatable bonds is 1. The van der Waals surface area contributed by atoms with E-state index in [0.717, 1.165) is 6.42 Å². The third-order valence-electron chi connectivity index (χ3n) is 3.02. The molecule has 0 radical (unpaired) electrons. The molecule has 0 saturated heterocycles. The van der Waals surface area contributed by atoms with Gasteiger partial charge in [-0.15, -0.1) is 0 Å². The zero-order chi connectivity index (χ0) is 13.5. The number of aromatic hydroxyl groups is 1.